The summed E-state index contributed by atoms with van der Waals surface area (Å²) >= 11 is 4.87. The molecule has 0 aliphatic heterocycles. The predicted molar refractivity (Wildman–Crippen MR) is 83.2 cm³/mol. The van der Waals surface area contributed by atoms with Gasteiger partial charge in [-0.2, -0.15) is 0 Å². The number of rotatable bonds is 5. The number of halogens is 4. The molecule has 2 aromatic rings. The highest BCUT2D eigenvalue weighted by Gasteiger charge is 2.25. The zero-order valence-electron chi connectivity index (χ0n) is 11.6. The molecule has 114 valence electrons. The summed E-state index contributed by atoms with van der Waals surface area (Å²) in [6.45, 7) is 4.49. The predicted octanol–water partition coefficient (Wildman–Crippen LogP) is 5.33. The van der Waals surface area contributed by atoms with Gasteiger partial charge in [-0.1, -0.05) is 6.92 Å². The summed E-state index contributed by atoms with van der Waals surface area (Å²) in [6.07, 6.45) is 0.822. The Labute approximate surface area is 134 Å². The maximum atomic E-state index is 14.1. The molecule has 0 radical (unpaired) electrons. The van der Waals surface area contributed by atoms with Crippen molar-refractivity contribution in [1.29, 1.82) is 0 Å². The first-order chi connectivity index (χ1) is 9.93. The van der Waals surface area contributed by atoms with E-state index in [9.17, 15) is 13.2 Å². The highest BCUT2D eigenvalue weighted by atomic mass is 79.9. The second-order valence-electron chi connectivity index (χ2n) is 4.74. The summed E-state index contributed by atoms with van der Waals surface area (Å²) in [5.41, 5.74) is -0.146. The Hall–Kier alpha value is -0.850. The molecule has 1 nitrogen and oxygen atoms in total. The Kier molecular flexibility index (Phi) is 5.46. The van der Waals surface area contributed by atoms with E-state index in [0.717, 1.165) is 20.6 Å². The maximum Gasteiger partial charge on any atom is 0.134 e. The van der Waals surface area contributed by atoms with Gasteiger partial charge in [0.15, 0.2) is 0 Å². The number of hydrogen-bond donors (Lipinski definition) is 1. The minimum atomic E-state index is -0.913. The summed E-state index contributed by atoms with van der Waals surface area (Å²) in [6, 6.07) is 2.69. The van der Waals surface area contributed by atoms with Crippen LogP contribution in [0.15, 0.2) is 22.7 Å². The van der Waals surface area contributed by atoms with Gasteiger partial charge < -0.3 is 5.32 Å². The van der Waals surface area contributed by atoms with E-state index in [2.05, 4.69) is 21.2 Å². The van der Waals surface area contributed by atoms with E-state index in [1.165, 1.54) is 11.3 Å². The summed E-state index contributed by atoms with van der Waals surface area (Å²) in [5, 5.41) is 3.14. The van der Waals surface area contributed by atoms with Gasteiger partial charge >= 0.3 is 0 Å². The Balaban J connectivity index is 2.53. The van der Waals surface area contributed by atoms with Crippen molar-refractivity contribution in [3.8, 4) is 0 Å². The topological polar surface area (TPSA) is 12.0 Å². The molecular weight excluding hydrogens is 363 g/mol. The smallest absolute Gasteiger partial charge is 0.134 e. The molecule has 1 aromatic heterocycles. The van der Waals surface area contributed by atoms with E-state index in [4.69, 9.17) is 0 Å². The highest BCUT2D eigenvalue weighted by Crippen LogP contribution is 2.37. The van der Waals surface area contributed by atoms with Crippen molar-refractivity contribution in [2.75, 3.05) is 6.54 Å². The molecule has 6 heteroatoms. The molecule has 1 atom stereocenters. The average molecular weight is 378 g/mol. The molecule has 1 heterocycles. The fourth-order valence-corrected chi connectivity index (χ4v) is 4.11. The molecule has 0 fully saturated rings. The molecule has 21 heavy (non-hydrogen) atoms. The van der Waals surface area contributed by atoms with Gasteiger partial charge in [-0.15, -0.1) is 11.3 Å². The van der Waals surface area contributed by atoms with Crippen molar-refractivity contribution < 1.29 is 13.2 Å². The van der Waals surface area contributed by atoms with E-state index < -0.39 is 23.5 Å². The van der Waals surface area contributed by atoms with Crippen LogP contribution in [0.4, 0.5) is 13.2 Å². The molecule has 0 aliphatic carbocycles. The molecule has 0 amide bonds. The number of nitrogens with one attached hydrogen (secondary N) is 1. The number of benzene rings is 1. The second-order valence-corrected chi connectivity index (χ2v) is 6.88. The normalized spacial score (nSPS) is 12.7. The zero-order chi connectivity index (χ0) is 15.6. The first-order valence-corrected chi connectivity index (χ1v) is 8.18. The van der Waals surface area contributed by atoms with Crippen molar-refractivity contribution in [2.24, 2.45) is 0 Å². The molecule has 1 aromatic carbocycles. The number of thiophene rings is 1. The lowest BCUT2D eigenvalue weighted by molar-refractivity contribution is 0.489. The minimum Gasteiger partial charge on any atom is -0.305 e. The van der Waals surface area contributed by atoms with Crippen LogP contribution < -0.4 is 5.32 Å². The largest absolute Gasteiger partial charge is 0.305 e. The van der Waals surface area contributed by atoms with Crippen molar-refractivity contribution in [2.45, 2.75) is 26.3 Å². The zero-order valence-corrected chi connectivity index (χ0v) is 14.0. The lowest BCUT2D eigenvalue weighted by Crippen LogP contribution is -2.25. The third-order valence-corrected chi connectivity index (χ3v) is 5.06. The molecule has 0 saturated heterocycles. The van der Waals surface area contributed by atoms with Crippen LogP contribution in [0.5, 0.6) is 0 Å². The van der Waals surface area contributed by atoms with Crippen LogP contribution in [0.1, 0.15) is 34.7 Å². The Morgan fingerprint density at radius 2 is 1.81 bits per heavy atom. The first-order valence-electron chi connectivity index (χ1n) is 6.57. The van der Waals surface area contributed by atoms with E-state index in [-0.39, 0.29) is 5.56 Å². The van der Waals surface area contributed by atoms with Gasteiger partial charge in [0.1, 0.15) is 17.5 Å². The van der Waals surface area contributed by atoms with Crippen LogP contribution in [-0.2, 0) is 0 Å². The highest BCUT2D eigenvalue weighted by molar-refractivity contribution is 9.10. The first kappa shape index (κ1) is 16.5. The third-order valence-electron chi connectivity index (χ3n) is 3.03. The summed E-state index contributed by atoms with van der Waals surface area (Å²) in [7, 11) is 0. The fraction of sp³-hybridized carbons (Fsp3) is 0.333. The molecule has 0 spiro atoms. The summed E-state index contributed by atoms with van der Waals surface area (Å²) in [5.74, 6) is -2.66. The van der Waals surface area contributed by atoms with Crippen LogP contribution in [0.3, 0.4) is 0 Å². The molecule has 1 N–H and O–H groups in total. The minimum absolute atomic E-state index is 0.146. The molecule has 1 unspecified atom stereocenters. The second kappa shape index (κ2) is 6.94. The van der Waals surface area contributed by atoms with Gasteiger partial charge in [-0.25, -0.2) is 13.2 Å². The Morgan fingerprint density at radius 3 is 2.29 bits per heavy atom. The fourth-order valence-electron chi connectivity index (χ4n) is 2.14. The Bertz CT molecular complexity index is 619. The van der Waals surface area contributed by atoms with E-state index in [1.807, 2.05) is 19.9 Å². The van der Waals surface area contributed by atoms with E-state index in [1.54, 1.807) is 0 Å². The lowest BCUT2D eigenvalue weighted by atomic mass is 10.0. The summed E-state index contributed by atoms with van der Waals surface area (Å²) < 4.78 is 42.1. The van der Waals surface area contributed by atoms with E-state index in [0.29, 0.717) is 18.7 Å². The third kappa shape index (κ3) is 3.67. The molecule has 0 bridgehead atoms. The van der Waals surface area contributed by atoms with Crippen LogP contribution >= 0.6 is 27.3 Å². The standard InChI is InChI=1S/C15H15BrF3NS/c1-3-4-20-14(15-10(16)5-8(2)21-15)13-11(18)6-9(17)7-12(13)19/h5-7,14,20H,3-4H2,1-2H3. The van der Waals surface area contributed by atoms with Crippen LogP contribution in [-0.4, -0.2) is 6.54 Å². The van der Waals surface area contributed by atoms with Crippen LogP contribution in [0, 0.1) is 24.4 Å². The average Bonchev–Trinajstić information content (AvgIpc) is 2.71. The molecule has 0 saturated carbocycles. The van der Waals surface area contributed by atoms with Crippen molar-refractivity contribution in [3.63, 3.8) is 0 Å². The van der Waals surface area contributed by atoms with Gasteiger partial charge in [0.2, 0.25) is 0 Å². The van der Waals surface area contributed by atoms with Gasteiger partial charge in [0.25, 0.3) is 0 Å². The van der Waals surface area contributed by atoms with Crippen molar-refractivity contribution >= 4 is 27.3 Å². The SMILES string of the molecule is CCCNC(c1sc(C)cc1Br)c1c(F)cc(F)cc1F. The summed E-state index contributed by atoms with van der Waals surface area (Å²) in [4.78, 5) is 1.81. The maximum absolute atomic E-state index is 14.1. The molecule has 2 rings (SSSR count). The number of hydrogen-bond acceptors (Lipinski definition) is 2. The lowest BCUT2D eigenvalue weighted by Gasteiger charge is -2.20. The van der Waals surface area contributed by atoms with Gasteiger partial charge in [-0.3, -0.25) is 0 Å². The monoisotopic (exact) mass is 377 g/mol. The Morgan fingerprint density at radius 1 is 1.19 bits per heavy atom. The van der Waals surface area contributed by atoms with Crippen LogP contribution in [0.25, 0.3) is 0 Å². The van der Waals surface area contributed by atoms with Gasteiger partial charge in [-0.05, 0) is 41.9 Å². The quantitative estimate of drug-likeness (QED) is 0.742. The van der Waals surface area contributed by atoms with Gasteiger partial charge in [0, 0.05) is 31.9 Å². The molecular formula is C15H15BrF3NS. The van der Waals surface area contributed by atoms with Crippen molar-refractivity contribution in [1.82, 2.24) is 5.32 Å². The van der Waals surface area contributed by atoms with Crippen LogP contribution in [0.2, 0.25) is 0 Å². The van der Waals surface area contributed by atoms with Gasteiger partial charge in [0.05, 0.1) is 6.04 Å². The van der Waals surface area contributed by atoms with E-state index >= 15 is 0 Å². The number of aryl methyl sites for hydroxylation is 1. The molecule has 0 aliphatic rings. The van der Waals surface area contributed by atoms with Crippen molar-refractivity contribution in [3.05, 3.63) is 55.4 Å².